The first kappa shape index (κ1) is 15.0. The van der Waals surface area contributed by atoms with E-state index >= 15 is 0 Å². The van der Waals surface area contributed by atoms with Crippen molar-refractivity contribution in [2.75, 3.05) is 4.90 Å². The fourth-order valence-electron chi connectivity index (χ4n) is 2.39. The molecule has 0 unspecified atom stereocenters. The summed E-state index contributed by atoms with van der Waals surface area (Å²) in [5.74, 6) is 0.661. The summed E-state index contributed by atoms with van der Waals surface area (Å²) in [7, 11) is 0. The predicted octanol–water partition coefficient (Wildman–Crippen LogP) is 4.90. The van der Waals surface area contributed by atoms with Crippen LogP contribution in [0.5, 0.6) is 0 Å². The third kappa shape index (κ3) is 3.46. The van der Waals surface area contributed by atoms with Gasteiger partial charge in [0, 0.05) is 18.6 Å². The molecule has 3 nitrogen and oxygen atoms in total. The minimum Gasteiger partial charge on any atom is -0.286 e. The molecule has 2 aromatic carbocycles. The summed E-state index contributed by atoms with van der Waals surface area (Å²) in [6.07, 6.45) is 7.61. The Bertz CT molecular complexity index is 796. The second-order valence-corrected chi connectivity index (χ2v) is 5.36. The summed E-state index contributed by atoms with van der Waals surface area (Å²) in [4.78, 5) is 10.8. The van der Waals surface area contributed by atoms with Gasteiger partial charge in [0.25, 0.3) is 0 Å². The maximum Gasteiger partial charge on any atom is 0.234 e. The van der Waals surface area contributed by atoms with Gasteiger partial charge in [0.2, 0.25) is 5.95 Å². The molecule has 3 heteroatoms. The first-order valence-corrected chi connectivity index (χ1v) is 7.61. The van der Waals surface area contributed by atoms with Gasteiger partial charge < -0.3 is 0 Å². The van der Waals surface area contributed by atoms with Crippen LogP contribution in [0.3, 0.4) is 0 Å². The van der Waals surface area contributed by atoms with Gasteiger partial charge in [0.15, 0.2) is 0 Å². The van der Waals surface area contributed by atoms with Gasteiger partial charge in [-0.05, 0) is 48.7 Å². The molecule has 3 rings (SSSR count). The molecular formula is C20H19N3. The zero-order valence-electron chi connectivity index (χ0n) is 13.3. The van der Waals surface area contributed by atoms with E-state index in [-0.39, 0.29) is 0 Å². The lowest BCUT2D eigenvalue weighted by Gasteiger charge is -2.21. The molecule has 0 spiro atoms. The first-order chi connectivity index (χ1) is 11.3. The SMILES string of the molecule is Cc1cccc(N(/C=C/c2ccccc2)c2ncccn2)c1C. The minimum absolute atomic E-state index is 0.661. The zero-order valence-corrected chi connectivity index (χ0v) is 13.3. The Kier molecular flexibility index (Phi) is 4.48. The molecule has 0 saturated carbocycles. The average molecular weight is 301 g/mol. The van der Waals surface area contributed by atoms with E-state index in [1.165, 1.54) is 11.1 Å². The number of rotatable bonds is 4. The molecule has 0 atom stereocenters. The monoisotopic (exact) mass is 301 g/mol. The second kappa shape index (κ2) is 6.88. The van der Waals surface area contributed by atoms with Crippen molar-refractivity contribution in [3.63, 3.8) is 0 Å². The lowest BCUT2D eigenvalue weighted by atomic mass is 10.1. The number of anilines is 2. The van der Waals surface area contributed by atoms with Gasteiger partial charge in [-0.25, -0.2) is 9.97 Å². The van der Waals surface area contributed by atoms with E-state index in [2.05, 4.69) is 60.2 Å². The number of aryl methyl sites for hydroxylation is 1. The first-order valence-electron chi connectivity index (χ1n) is 7.61. The van der Waals surface area contributed by atoms with Crippen molar-refractivity contribution in [1.29, 1.82) is 0 Å². The Balaban J connectivity index is 2.04. The molecule has 0 aliphatic carbocycles. The van der Waals surface area contributed by atoms with Crippen molar-refractivity contribution in [3.8, 4) is 0 Å². The van der Waals surface area contributed by atoms with Crippen LogP contribution >= 0.6 is 0 Å². The van der Waals surface area contributed by atoms with E-state index in [9.17, 15) is 0 Å². The average Bonchev–Trinajstić information content (AvgIpc) is 2.60. The van der Waals surface area contributed by atoms with Crippen molar-refractivity contribution in [2.45, 2.75) is 13.8 Å². The molecule has 0 aliphatic rings. The molecule has 1 heterocycles. The quantitative estimate of drug-likeness (QED) is 0.686. The second-order valence-electron chi connectivity index (χ2n) is 5.36. The maximum atomic E-state index is 4.40. The molecule has 0 fully saturated rings. The third-order valence-electron chi connectivity index (χ3n) is 3.82. The third-order valence-corrected chi connectivity index (χ3v) is 3.82. The molecule has 23 heavy (non-hydrogen) atoms. The van der Waals surface area contributed by atoms with Gasteiger partial charge in [0.05, 0.1) is 5.69 Å². The molecule has 0 saturated heterocycles. The molecule has 3 aromatic rings. The van der Waals surface area contributed by atoms with Gasteiger partial charge in [-0.15, -0.1) is 0 Å². The fourth-order valence-corrected chi connectivity index (χ4v) is 2.39. The van der Waals surface area contributed by atoms with Crippen molar-refractivity contribution in [1.82, 2.24) is 9.97 Å². The van der Waals surface area contributed by atoms with Crippen LogP contribution in [0, 0.1) is 13.8 Å². The lowest BCUT2D eigenvalue weighted by molar-refractivity contribution is 1.07. The molecule has 0 N–H and O–H groups in total. The lowest BCUT2D eigenvalue weighted by Crippen LogP contribution is -2.13. The smallest absolute Gasteiger partial charge is 0.234 e. The highest BCUT2D eigenvalue weighted by molar-refractivity contribution is 5.68. The van der Waals surface area contributed by atoms with Crippen LogP contribution < -0.4 is 4.90 Å². The Morgan fingerprint density at radius 1 is 0.826 bits per heavy atom. The van der Waals surface area contributed by atoms with E-state index in [0.717, 1.165) is 11.3 Å². The summed E-state index contributed by atoms with van der Waals surface area (Å²) >= 11 is 0. The van der Waals surface area contributed by atoms with Gasteiger partial charge in [-0.2, -0.15) is 0 Å². The number of hydrogen-bond donors (Lipinski definition) is 0. The summed E-state index contributed by atoms with van der Waals surface area (Å²) in [5, 5.41) is 0. The van der Waals surface area contributed by atoms with Crippen molar-refractivity contribution < 1.29 is 0 Å². The van der Waals surface area contributed by atoms with Crippen LogP contribution in [0.2, 0.25) is 0 Å². The van der Waals surface area contributed by atoms with Crippen LogP contribution in [-0.2, 0) is 0 Å². The normalized spacial score (nSPS) is 10.9. The fraction of sp³-hybridized carbons (Fsp3) is 0.100. The summed E-state index contributed by atoms with van der Waals surface area (Å²) in [6, 6.07) is 18.3. The molecular weight excluding hydrogens is 282 g/mol. The maximum absolute atomic E-state index is 4.40. The molecule has 114 valence electrons. The van der Waals surface area contributed by atoms with Crippen LogP contribution in [0.1, 0.15) is 16.7 Å². The molecule has 0 aliphatic heterocycles. The van der Waals surface area contributed by atoms with Crippen LogP contribution in [-0.4, -0.2) is 9.97 Å². The summed E-state index contributed by atoms with van der Waals surface area (Å²) < 4.78 is 0. The topological polar surface area (TPSA) is 29.0 Å². The standard InChI is InChI=1S/C20H19N3/c1-16-8-6-11-19(17(16)2)23(20-21-13-7-14-22-20)15-12-18-9-4-3-5-10-18/h3-15H,1-2H3/b15-12+. The van der Waals surface area contributed by atoms with Crippen LogP contribution in [0.4, 0.5) is 11.6 Å². The highest BCUT2D eigenvalue weighted by atomic mass is 15.2. The van der Waals surface area contributed by atoms with Gasteiger partial charge >= 0.3 is 0 Å². The molecule has 1 aromatic heterocycles. The number of hydrogen-bond acceptors (Lipinski definition) is 3. The zero-order chi connectivity index (χ0) is 16.1. The predicted molar refractivity (Wildman–Crippen MR) is 95.6 cm³/mol. The van der Waals surface area contributed by atoms with Crippen molar-refractivity contribution in [3.05, 3.63) is 89.9 Å². The van der Waals surface area contributed by atoms with Crippen LogP contribution in [0.15, 0.2) is 73.2 Å². The Morgan fingerprint density at radius 2 is 1.57 bits per heavy atom. The molecule has 0 radical (unpaired) electrons. The highest BCUT2D eigenvalue weighted by Gasteiger charge is 2.12. The number of aromatic nitrogens is 2. The number of benzene rings is 2. The van der Waals surface area contributed by atoms with Gasteiger partial charge in [-0.3, -0.25) is 4.90 Å². The van der Waals surface area contributed by atoms with Crippen molar-refractivity contribution >= 4 is 17.7 Å². The molecule has 0 bridgehead atoms. The molecule has 0 amide bonds. The number of nitrogens with zero attached hydrogens (tertiary/aromatic N) is 3. The van der Waals surface area contributed by atoms with E-state index in [1.54, 1.807) is 12.4 Å². The summed E-state index contributed by atoms with van der Waals surface area (Å²) in [6.45, 7) is 4.24. The van der Waals surface area contributed by atoms with E-state index in [1.807, 2.05) is 35.4 Å². The minimum atomic E-state index is 0.661. The van der Waals surface area contributed by atoms with Crippen LogP contribution in [0.25, 0.3) is 6.08 Å². The van der Waals surface area contributed by atoms with Gasteiger partial charge in [0.1, 0.15) is 0 Å². The Morgan fingerprint density at radius 3 is 2.30 bits per heavy atom. The van der Waals surface area contributed by atoms with Crippen molar-refractivity contribution in [2.24, 2.45) is 0 Å². The van der Waals surface area contributed by atoms with Gasteiger partial charge in [-0.1, -0.05) is 42.5 Å². The highest BCUT2D eigenvalue weighted by Crippen LogP contribution is 2.28. The largest absolute Gasteiger partial charge is 0.286 e. The van der Waals surface area contributed by atoms with E-state index < -0.39 is 0 Å². The Labute approximate surface area is 137 Å². The van der Waals surface area contributed by atoms with E-state index in [4.69, 9.17) is 0 Å². The van der Waals surface area contributed by atoms with E-state index in [0.29, 0.717) is 5.95 Å². The Hall–Kier alpha value is -2.94. The summed E-state index contributed by atoms with van der Waals surface area (Å²) in [5.41, 5.74) is 4.69.